The molecule has 2 N–H and O–H groups in total. The van der Waals surface area contributed by atoms with Crippen LogP contribution in [0.2, 0.25) is 0 Å². The van der Waals surface area contributed by atoms with Gasteiger partial charge in [-0.15, -0.1) is 0 Å². The molecule has 5 nitrogen and oxygen atoms in total. The molecule has 0 amide bonds. The summed E-state index contributed by atoms with van der Waals surface area (Å²) in [6.45, 7) is 2.33. The van der Waals surface area contributed by atoms with Gasteiger partial charge >= 0.3 is 0 Å². The fraction of sp³-hybridized carbons (Fsp3) is 0.167. The highest BCUT2D eigenvalue weighted by Gasteiger charge is 2.33. The molecule has 5 heteroatoms. The van der Waals surface area contributed by atoms with Gasteiger partial charge in [0.25, 0.3) is 5.56 Å². The second kappa shape index (κ2) is 7.69. The second-order valence-corrected chi connectivity index (χ2v) is 7.17. The smallest absolute Gasteiger partial charge is 0.258 e. The largest absolute Gasteiger partial charge is 0.440 e. The Kier molecular flexibility index (Phi) is 4.92. The average molecular weight is 383 g/mol. The third-order valence-electron chi connectivity index (χ3n) is 5.28. The molecule has 0 saturated heterocycles. The molecule has 1 aromatic heterocycles. The average Bonchev–Trinajstić information content (AvgIpc) is 2.72. The van der Waals surface area contributed by atoms with Gasteiger partial charge in [0.2, 0.25) is 5.88 Å². The first-order valence-corrected chi connectivity index (χ1v) is 9.48. The number of aryl methyl sites for hydroxylation is 1. The van der Waals surface area contributed by atoms with Gasteiger partial charge in [0.15, 0.2) is 0 Å². The lowest BCUT2D eigenvalue weighted by atomic mass is 9.85. The van der Waals surface area contributed by atoms with Crippen molar-refractivity contribution in [1.29, 1.82) is 5.26 Å². The molecule has 2 aromatic carbocycles. The first-order valence-electron chi connectivity index (χ1n) is 9.48. The maximum atomic E-state index is 13.5. The van der Waals surface area contributed by atoms with Crippen molar-refractivity contribution in [2.45, 2.75) is 25.8 Å². The van der Waals surface area contributed by atoms with Gasteiger partial charge in [0, 0.05) is 17.7 Å². The van der Waals surface area contributed by atoms with Gasteiger partial charge in [0.1, 0.15) is 11.8 Å². The van der Waals surface area contributed by atoms with Gasteiger partial charge in [-0.05, 0) is 24.5 Å². The summed E-state index contributed by atoms with van der Waals surface area (Å²) in [5, 5.41) is 9.71. The van der Waals surface area contributed by atoms with Gasteiger partial charge in [-0.1, -0.05) is 60.7 Å². The third kappa shape index (κ3) is 3.53. The Balaban J connectivity index is 1.84. The molecule has 1 aliphatic rings. The zero-order valence-corrected chi connectivity index (χ0v) is 16.1. The Labute approximate surface area is 169 Å². The molecular formula is C24H21N3O2. The molecule has 0 saturated carbocycles. The van der Waals surface area contributed by atoms with E-state index in [-0.39, 0.29) is 11.4 Å². The quantitative estimate of drug-likeness (QED) is 0.746. The SMILES string of the molecule is Cc1cc2c(c(=O)n1Cc1ccccc1)C(Cc1ccccc1)C(C#N)=C(N)O2. The van der Waals surface area contributed by atoms with Gasteiger partial charge in [0.05, 0.1) is 17.7 Å². The first kappa shape index (κ1) is 18.6. The number of hydrogen-bond donors (Lipinski definition) is 1. The highest BCUT2D eigenvalue weighted by Crippen LogP contribution is 2.38. The van der Waals surface area contributed by atoms with Crippen molar-refractivity contribution in [3.63, 3.8) is 0 Å². The van der Waals surface area contributed by atoms with Crippen LogP contribution in [0.3, 0.4) is 0 Å². The minimum absolute atomic E-state index is 0.0699. The molecule has 2 heterocycles. The summed E-state index contributed by atoms with van der Waals surface area (Å²) in [7, 11) is 0. The van der Waals surface area contributed by atoms with E-state index in [1.54, 1.807) is 4.57 Å². The van der Waals surface area contributed by atoms with Crippen LogP contribution in [0.5, 0.6) is 5.75 Å². The number of nitrogens with zero attached hydrogens (tertiary/aromatic N) is 2. The molecule has 144 valence electrons. The Morgan fingerprint density at radius 2 is 1.69 bits per heavy atom. The van der Waals surface area contributed by atoms with Gasteiger partial charge in [-0.2, -0.15) is 5.26 Å². The summed E-state index contributed by atoms with van der Waals surface area (Å²) in [4.78, 5) is 13.5. The maximum absolute atomic E-state index is 13.5. The second-order valence-electron chi connectivity index (χ2n) is 7.17. The molecule has 0 bridgehead atoms. The molecule has 0 radical (unpaired) electrons. The number of benzene rings is 2. The molecule has 0 fully saturated rings. The molecule has 1 aliphatic heterocycles. The van der Waals surface area contributed by atoms with Crippen molar-refractivity contribution >= 4 is 0 Å². The van der Waals surface area contributed by atoms with Crippen LogP contribution in [0, 0.1) is 18.3 Å². The monoisotopic (exact) mass is 383 g/mol. The highest BCUT2D eigenvalue weighted by molar-refractivity contribution is 5.50. The van der Waals surface area contributed by atoms with Gasteiger partial charge in [-0.25, -0.2) is 0 Å². The predicted molar refractivity (Wildman–Crippen MR) is 111 cm³/mol. The molecular weight excluding hydrogens is 362 g/mol. The Morgan fingerprint density at radius 1 is 1.07 bits per heavy atom. The predicted octanol–water partition coefficient (Wildman–Crippen LogP) is 3.62. The summed E-state index contributed by atoms with van der Waals surface area (Å²) in [6.07, 6.45) is 0.504. The van der Waals surface area contributed by atoms with Crippen LogP contribution in [0.25, 0.3) is 0 Å². The molecule has 1 unspecified atom stereocenters. The van der Waals surface area contributed by atoms with E-state index in [0.717, 1.165) is 16.8 Å². The van der Waals surface area contributed by atoms with Crippen molar-refractivity contribution in [3.05, 3.63) is 111 Å². The van der Waals surface area contributed by atoms with Crippen LogP contribution in [0.4, 0.5) is 0 Å². The Bertz CT molecular complexity index is 1170. The number of aromatic nitrogens is 1. The lowest BCUT2D eigenvalue weighted by Gasteiger charge is -2.27. The van der Waals surface area contributed by atoms with E-state index in [9.17, 15) is 10.1 Å². The minimum atomic E-state index is -0.443. The highest BCUT2D eigenvalue weighted by atomic mass is 16.5. The molecule has 29 heavy (non-hydrogen) atoms. The van der Waals surface area contributed by atoms with Crippen molar-refractivity contribution < 1.29 is 4.74 Å². The van der Waals surface area contributed by atoms with E-state index < -0.39 is 5.92 Å². The minimum Gasteiger partial charge on any atom is -0.440 e. The summed E-state index contributed by atoms with van der Waals surface area (Å²) < 4.78 is 7.42. The van der Waals surface area contributed by atoms with Crippen LogP contribution in [0.15, 0.2) is 83.0 Å². The van der Waals surface area contributed by atoms with E-state index in [1.165, 1.54) is 0 Å². The molecule has 4 rings (SSSR count). The lowest BCUT2D eigenvalue weighted by molar-refractivity contribution is 0.382. The molecule has 3 aromatic rings. The molecule has 0 spiro atoms. The van der Waals surface area contributed by atoms with Gasteiger partial charge in [-0.3, -0.25) is 4.79 Å². The lowest BCUT2D eigenvalue weighted by Crippen LogP contribution is -2.33. The van der Waals surface area contributed by atoms with E-state index in [1.807, 2.05) is 73.7 Å². The molecule has 0 aliphatic carbocycles. The Hall–Kier alpha value is -3.78. The normalized spacial score (nSPS) is 15.4. The number of pyridine rings is 1. The topological polar surface area (TPSA) is 81.0 Å². The molecule has 1 atom stereocenters. The number of hydrogen-bond acceptors (Lipinski definition) is 4. The number of nitrogens with two attached hydrogens (primary N) is 1. The van der Waals surface area contributed by atoms with E-state index in [0.29, 0.717) is 29.9 Å². The number of rotatable bonds is 4. The number of ether oxygens (including phenoxy) is 1. The number of fused-ring (bicyclic) bond motifs is 1. The summed E-state index contributed by atoms with van der Waals surface area (Å²) in [6, 6.07) is 23.6. The van der Waals surface area contributed by atoms with Gasteiger partial charge < -0.3 is 15.0 Å². The van der Waals surface area contributed by atoms with Crippen LogP contribution in [0.1, 0.15) is 28.3 Å². The van der Waals surface area contributed by atoms with Crippen molar-refractivity contribution in [3.8, 4) is 11.8 Å². The van der Waals surface area contributed by atoms with E-state index in [4.69, 9.17) is 10.5 Å². The standard InChI is InChI=1S/C24H21N3O2/c1-16-12-21-22(24(28)27(16)15-18-10-6-3-7-11-18)19(20(14-25)23(26)29-21)13-17-8-4-2-5-9-17/h2-12,19H,13,15,26H2,1H3. The zero-order chi connectivity index (χ0) is 20.4. The Morgan fingerprint density at radius 3 is 2.31 bits per heavy atom. The summed E-state index contributed by atoms with van der Waals surface area (Å²) in [5.41, 5.74) is 9.52. The summed E-state index contributed by atoms with van der Waals surface area (Å²) in [5.74, 6) is 0.0658. The van der Waals surface area contributed by atoms with E-state index >= 15 is 0 Å². The van der Waals surface area contributed by atoms with E-state index in [2.05, 4.69) is 6.07 Å². The van der Waals surface area contributed by atoms with Crippen LogP contribution < -0.4 is 16.0 Å². The first-order chi connectivity index (χ1) is 14.1. The van der Waals surface area contributed by atoms with Crippen LogP contribution in [-0.2, 0) is 13.0 Å². The fourth-order valence-electron chi connectivity index (χ4n) is 3.80. The van der Waals surface area contributed by atoms with Crippen LogP contribution >= 0.6 is 0 Å². The summed E-state index contributed by atoms with van der Waals surface area (Å²) >= 11 is 0. The third-order valence-corrected chi connectivity index (χ3v) is 5.28. The number of nitriles is 1. The van der Waals surface area contributed by atoms with Crippen molar-refractivity contribution in [1.82, 2.24) is 4.57 Å². The van der Waals surface area contributed by atoms with Crippen molar-refractivity contribution in [2.75, 3.05) is 0 Å². The number of allylic oxidation sites excluding steroid dienone is 1. The zero-order valence-electron chi connectivity index (χ0n) is 16.1. The van der Waals surface area contributed by atoms with Crippen molar-refractivity contribution in [2.24, 2.45) is 5.73 Å². The maximum Gasteiger partial charge on any atom is 0.258 e. The fourth-order valence-corrected chi connectivity index (χ4v) is 3.80. The van der Waals surface area contributed by atoms with Crippen LogP contribution in [-0.4, -0.2) is 4.57 Å².